The zero-order valence-electron chi connectivity index (χ0n) is 11.8. The van der Waals surface area contributed by atoms with E-state index in [0.717, 1.165) is 19.4 Å². The molecule has 2 aromatic rings. The van der Waals surface area contributed by atoms with Gasteiger partial charge in [0.1, 0.15) is 6.61 Å². The molecule has 21 heavy (non-hydrogen) atoms. The van der Waals surface area contributed by atoms with E-state index in [1.165, 1.54) is 6.26 Å². The summed E-state index contributed by atoms with van der Waals surface area (Å²) >= 11 is 0. The standard InChI is InChI=1S/C14H17N3O4/c1-10-15-13(16-21-10)9-20-11-4-2-6-17(8-11)14(18)12-5-3-7-19-12/h3,5,7,11H,2,4,6,8-9H2,1H3. The summed E-state index contributed by atoms with van der Waals surface area (Å²) in [6.07, 6.45) is 3.31. The minimum atomic E-state index is -0.0938. The number of aromatic nitrogens is 2. The number of ether oxygens (including phenoxy) is 1. The van der Waals surface area contributed by atoms with Crippen molar-refractivity contribution in [2.24, 2.45) is 0 Å². The number of amides is 1. The highest BCUT2D eigenvalue weighted by atomic mass is 16.5. The maximum absolute atomic E-state index is 12.2. The normalized spacial score (nSPS) is 18.9. The summed E-state index contributed by atoms with van der Waals surface area (Å²) in [4.78, 5) is 18.1. The molecule has 1 aliphatic rings. The third kappa shape index (κ3) is 3.30. The number of piperidine rings is 1. The van der Waals surface area contributed by atoms with Crippen molar-refractivity contribution in [2.45, 2.75) is 32.5 Å². The molecule has 1 unspecified atom stereocenters. The van der Waals surface area contributed by atoms with Gasteiger partial charge in [-0.3, -0.25) is 4.79 Å². The van der Waals surface area contributed by atoms with E-state index in [-0.39, 0.29) is 12.0 Å². The fourth-order valence-corrected chi connectivity index (χ4v) is 2.41. The summed E-state index contributed by atoms with van der Waals surface area (Å²) in [6, 6.07) is 3.39. The van der Waals surface area contributed by atoms with Crippen molar-refractivity contribution in [2.75, 3.05) is 13.1 Å². The fourth-order valence-electron chi connectivity index (χ4n) is 2.41. The second kappa shape index (κ2) is 6.09. The molecule has 0 N–H and O–H groups in total. The Morgan fingerprint density at radius 2 is 2.48 bits per heavy atom. The number of hydrogen-bond donors (Lipinski definition) is 0. The number of furan rings is 1. The molecular weight excluding hydrogens is 274 g/mol. The van der Waals surface area contributed by atoms with E-state index in [1.54, 1.807) is 24.0 Å². The largest absolute Gasteiger partial charge is 0.459 e. The highest BCUT2D eigenvalue weighted by Gasteiger charge is 2.26. The lowest BCUT2D eigenvalue weighted by molar-refractivity contribution is -0.0104. The molecule has 0 saturated carbocycles. The fraction of sp³-hybridized carbons (Fsp3) is 0.500. The summed E-state index contributed by atoms with van der Waals surface area (Å²) < 4.78 is 15.8. The third-order valence-electron chi connectivity index (χ3n) is 3.42. The van der Waals surface area contributed by atoms with E-state index in [0.29, 0.717) is 30.6 Å². The first kappa shape index (κ1) is 13.8. The van der Waals surface area contributed by atoms with Gasteiger partial charge >= 0.3 is 0 Å². The molecule has 1 aliphatic heterocycles. The Labute approximate surface area is 121 Å². The van der Waals surface area contributed by atoms with Gasteiger partial charge in [-0.25, -0.2) is 0 Å². The van der Waals surface area contributed by atoms with Crippen molar-refractivity contribution in [1.29, 1.82) is 0 Å². The van der Waals surface area contributed by atoms with Crippen LogP contribution in [0.4, 0.5) is 0 Å². The first-order valence-corrected chi connectivity index (χ1v) is 6.96. The molecule has 7 heteroatoms. The van der Waals surface area contributed by atoms with E-state index in [9.17, 15) is 4.79 Å². The van der Waals surface area contributed by atoms with Crippen LogP contribution in [-0.4, -0.2) is 40.1 Å². The SMILES string of the molecule is Cc1nc(COC2CCCN(C(=O)c3ccco3)C2)no1. The molecule has 1 saturated heterocycles. The van der Waals surface area contributed by atoms with Crippen LogP contribution in [0.2, 0.25) is 0 Å². The minimum absolute atomic E-state index is 0.0172. The van der Waals surface area contributed by atoms with Gasteiger partial charge in [-0.1, -0.05) is 5.16 Å². The number of rotatable bonds is 4. The minimum Gasteiger partial charge on any atom is -0.459 e. The van der Waals surface area contributed by atoms with Gasteiger partial charge in [0.15, 0.2) is 11.6 Å². The van der Waals surface area contributed by atoms with Crippen molar-refractivity contribution in [3.8, 4) is 0 Å². The quantitative estimate of drug-likeness (QED) is 0.854. The third-order valence-corrected chi connectivity index (χ3v) is 3.42. The van der Waals surface area contributed by atoms with E-state index in [4.69, 9.17) is 13.7 Å². The second-order valence-corrected chi connectivity index (χ2v) is 5.03. The van der Waals surface area contributed by atoms with Crippen molar-refractivity contribution < 1.29 is 18.5 Å². The van der Waals surface area contributed by atoms with E-state index in [2.05, 4.69) is 10.1 Å². The Morgan fingerprint density at radius 3 is 3.19 bits per heavy atom. The number of hydrogen-bond acceptors (Lipinski definition) is 6. The van der Waals surface area contributed by atoms with Crippen LogP contribution >= 0.6 is 0 Å². The molecule has 1 fully saturated rings. The molecular formula is C14H17N3O4. The predicted octanol–water partition coefficient (Wildman–Crippen LogP) is 1.79. The number of likely N-dealkylation sites (tertiary alicyclic amines) is 1. The first-order chi connectivity index (χ1) is 10.2. The number of carbonyl (C=O) groups is 1. The molecule has 0 aliphatic carbocycles. The highest BCUT2D eigenvalue weighted by Crippen LogP contribution is 2.17. The second-order valence-electron chi connectivity index (χ2n) is 5.03. The number of nitrogens with zero attached hydrogens (tertiary/aromatic N) is 3. The molecule has 7 nitrogen and oxygen atoms in total. The lowest BCUT2D eigenvalue weighted by Gasteiger charge is -2.31. The van der Waals surface area contributed by atoms with Crippen molar-refractivity contribution in [3.05, 3.63) is 35.9 Å². The first-order valence-electron chi connectivity index (χ1n) is 6.96. The van der Waals surface area contributed by atoms with Crippen LogP contribution in [0.3, 0.4) is 0 Å². The Morgan fingerprint density at radius 1 is 1.57 bits per heavy atom. The maximum Gasteiger partial charge on any atom is 0.289 e. The molecule has 3 heterocycles. The van der Waals surface area contributed by atoms with Gasteiger partial charge in [-0.2, -0.15) is 4.98 Å². The summed E-state index contributed by atoms with van der Waals surface area (Å²) in [5.74, 6) is 1.32. The van der Waals surface area contributed by atoms with Gasteiger partial charge < -0.3 is 18.6 Å². The van der Waals surface area contributed by atoms with Gasteiger partial charge in [-0.05, 0) is 25.0 Å². The Bertz CT molecular complexity index is 593. The van der Waals surface area contributed by atoms with E-state index in [1.807, 2.05) is 0 Å². The molecule has 3 rings (SSSR count). The van der Waals surface area contributed by atoms with Crippen LogP contribution in [0.5, 0.6) is 0 Å². The monoisotopic (exact) mass is 291 g/mol. The average molecular weight is 291 g/mol. The highest BCUT2D eigenvalue weighted by molar-refractivity contribution is 5.91. The van der Waals surface area contributed by atoms with Crippen LogP contribution < -0.4 is 0 Å². The molecule has 112 valence electrons. The Balaban J connectivity index is 1.54. The molecule has 0 aromatic carbocycles. The van der Waals surface area contributed by atoms with Crippen molar-refractivity contribution >= 4 is 5.91 Å². The van der Waals surface area contributed by atoms with Crippen LogP contribution in [0, 0.1) is 6.92 Å². The molecule has 1 amide bonds. The van der Waals surface area contributed by atoms with Crippen LogP contribution in [0.25, 0.3) is 0 Å². The zero-order chi connectivity index (χ0) is 14.7. The summed E-state index contributed by atoms with van der Waals surface area (Å²) in [5, 5.41) is 3.79. The molecule has 0 bridgehead atoms. The van der Waals surface area contributed by atoms with Crippen LogP contribution in [-0.2, 0) is 11.3 Å². The van der Waals surface area contributed by atoms with E-state index < -0.39 is 0 Å². The average Bonchev–Trinajstić information content (AvgIpc) is 3.16. The topological polar surface area (TPSA) is 81.6 Å². The van der Waals surface area contributed by atoms with E-state index >= 15 is 0 Å². The van der Waals surface area contributed by atoms with Gasteiger partial charge in [0.25, 0.3) is 5.91 Å². The maximum atomic E-state index is 12.2. The zero-order valence-corrected chi connectivity index (χ0v) is 11.8. The van der Waals surface area contributed by atoms with Crippen molar-refractivity contribution in [1.82, 2.24) is 15.0 Å². The van der Waals surface area contributed by atoms with Crippen LogP contribution in [0.1, 0.15) is 35.1 Å². The van der Waals surface area contributed by atoms with Crippen LogP contribution in [0.15, 0.2) is 27.3 Å². The predicted molar refractivity (Wildman–Crippen MR) is 71.5 cm³/mol. The van der Waals surface area contributed by atoms with Gasteiger partial charge in [0, 0.05) is 20.0 Å². The molecule has 0 spiro atoms. The number of carbonyl (C=O) groups excluding carboxylic acids is 1. The molecule has 1 atom stereocenters. The Kier molecular flexibility index (Phi) is 4.01. The van der Waals surface area contributed by atoms with Crippen molar-refractivity contribution in [3.63, 3.8) is 0 Å². The molecule has 2 aromatic heterocycles. The Hall–Kier alpha value is -2.15. The van der Waals surface area contributed by atoms with Gasteiger partial charge in [0.05, 0.1) is 12.4 Å². The lowest BCUT2D eigenvalue weighted by atomic mass is 10.1. The summed E-state index contributed by atoms with van der Waals surface area (Å²) in [7, 11) is 0. The molecule has 0 radical (unpaired) electrons. The van der Waals surface area contributed by atoms with Gasteiger partial charge in [-0.15, -0.1) is 0 Å². The van der Waals surface area contributed by atoms with Gasteiger partial charge in [0.2, 0.25) is 5.89 Å². The smallest absolute Gasteiger partial charge is 0.289 e. The summed E-state index contributed by atoms with van der Waals surface area (Å²) in [5.41, 5.74) is 0. The number of aryl methyl sites for hydroxylation is 1. The lowest BCUT2D eigenvalue weighted by Crippen LogP contribution is -2.43. The summed E-state index contributed by atoms with van der Waals surface area (Å²) in [6.45, 7) is 3.31.